The van der Waals surface area contributed by atoms with Crippen LogP contribution in [0.3, 0.4) is 0 Å². The smallest absolute Gasteiger partial charge is 0.155 e. The first-order chi connectivity index (χ1) is 12.7. The highest BCUT2D eigenvalue weighted by molar-refractivity contribution is 5.44. The molecule has 2 aliphatic rings. The van der Waals surface area contributed by atoms with E-state index in [1.165, 1.54) is 35.4 Å². The standard InChI is InChI=1S/C20H24N6/c1-4-7-25-14(3)15(10-22-25)12-24-16-5-6-18(24)17-11-21-20-8-13(2)23-26(20)19(17)9-16/h4,8,10-11,16,18H,1,5-7,9,12H2,2-3H3/t16-,18-/m0/s1. The Hall–Kier alpha value is -2.47. The average Bonchev–Trinajstić information content (AvgIpc) is 3.25. The number of hydrogen-bond donors (Lipinski definition) is 0. The van der Waals surface area contributed by atoms with Gasteiger partial charge in [-0.1, -0.05) is 6.08 Å². The maximum absolute atomic E-state index is 4.68. The first-order valence-corrected chi connectivity index (χ1v) is 9.38. The van der Waals surface area contributed by atoms with E-state index in [1.54, 1.807) is 0 Å². The third-order valence-corrected chi connectivity index (χ3v) is 6.03. The van der Waals surface area contributed by atoms with Gasteiger partial charge < -0.3 is 0 Å². The molecule has 0 saturated carbocycles. The van der Waals surface area contributed by atoms with Crippen molar-refractivity contribution in [3.8, 4) is 0 Å². The maximum atomic E-state index is 4.68. The van der Waals surface area contributed by atoms with Crippen molar-refractivity contribution >= 4 is 5.65 Å². The minimum atomic E-state index is 0.437. The van der Waals surface area contributed by atoms with Crippen LogP contribution in [0.1, 0.15) is 47.1 Å². The van der Waals surface area contributed by atoms with Crippen LogP contribution in [-0.4, -0.2) is 35.3 Å². The molecule has 5 heterocycles. The first kappa shape index (κ1) is 15.8. The van der Waals surface area contributed by atoms with Crippen LogP contribution < -0.4 is 0 Å². The van der Waals surface area contributed by atoms with Gasteiger partial charge in [0.15, 0.2) is 5.65 Å². The van der Waals surface area contributed by atoms with E-state index in [9.17, 15) is 0 Å². The molecule has 2 atom stereocenters. The Morgan fingerprint density at radius 3 is 3.00 bits per heavy atom. The van der Waals surface area contributed by atoms with Gasteiger partial charge in [0.2, 0.25) is 0 Å². The van der Waals surface area contributed by atoms with Crippen LogP contribution in [0.5, 0.6) is 0 Å². The minimum absolute atomic E-state index is 0.437. The molecule has 6 nitrogen and oxygen atoms in total. The summed E-state index contributed by atoms with van der Waals surface area (Å²) in [5, 5.41) is 9.20. The lowest BCUT2D eigenvalue weighted by molar-refractivity contribution is 0.164. The number of aryl methyl sites for hydroxylation is 1. The molecule has 0 amide bonds. The van der Waals surface area contributed by atoms with Gasteiger partial charge >= 0.3 is 0 Å². The van der Waals surface area contributed by atoms with Crippen molar-refractivity contribution in [1.29, 1.82) is 0 Å². The lowest BCUT2D eigenvalue weighted by Gasteiger charge is -2.36. The summed E-state index contributed by atoms with van der Waals surface area (Å²) in [6, 6.07) is 3.07. The zero-order valence-electron chi connectivity index (χ0n) is 15.4. The quantitative estimate of drug-likeness (QED) is 0.680. The number of hydrogen-bond acceptors (Lipinski definition) is 4. The van der Waals surface area contributed by atoms with E-state index in [0.29, 0.717) is 12.1 Å². The van der Waals surface area contributed by atoms with Crippen molar-refractivity contribution in [2.75, 3.05) is 0 Å². The van der Waals surface area contributed by atoms with Gasteiger partial charge in [-0.3, -0.25) is 9.58 Å². The van der Waals surface area contributed by atoms with Gasteiger partial charge in [-0.25, -0.2) is 9.50 Å². The molecule has 3 aromatic heterocycles. The van der Waals surface area contributed by atoms with Crippen molar-refractivity contribution in [3.05, 3.63) is 59.3 Å². The maximum Gasteiger partial charge on any atom is 0.155 e. The zero-order valence-corrected chi connectivity index (χ0v) is 15.4. The predicted octanol–water partition coefficient (Wildman–Crippen LogP) is 2.99. The largest absolute Gasteiger partial charge is 0.288 e. The van der Waals surface area contributed by atoms with Crippen LogP contribution in [0, 0.1) is 13.8 Å². The molecule has 134 valence electrons. The van der Waals surface area contributed by atoms with E-state index in [1.807, 2.05) is 23.9 Å². The minimum Gasteiger partial charge on any atom is -0.288 e. The summed E-state index contributed by atoms with van der Waals surface area (Å²) >= 11 is 0. The Kier molecular flexibility index (Phi) is 3.50. The summed E-state index contributed by atoms with van der Waals surface area (Å²) in [7, 11) is 0. The van der Waals surface area contributed by atoms with Gasteiger partial charge in [0.1, 0.15) is 0 Å². The number of fused-ring (bicyclic) bond motifs is 6. The Morgan fingerprint density at radius 2 is 2.15 bits per heavy atom. The topological polar surface area (TPSA) is 51.2 Å². The third kappa shape index (κ3) is 2.25. The molecular formula is C20H24N6. The summed E-state index contributed by atoms with van der Waals surface area (Å²) in [5.41, 5.74) is 7.26. The highest BCUT2D eigenvalue weighted by Crippen LogP contribution is 2.44. The van der Waals surface area contributed by atoms with Crippen molar-refractivity contribution in [2.45, 2.75) is 58.3 Å². The van der Waals surface area contributed by atoms with E-state index in [0.717, 1.165) is 30.9 Å². The molecule has 0 aromatic carbocycles. The Morgan fingerprint density at radius 1 is 1.27 bits per heavy atom. The number of allylic oxidation sites excluding steroid dienone is 1. The molecular weight excluding hydrogens is 324 g/mol. The predicted molar refractivity (Wildman–Crippen MR) is 99.9 cm³/mol. The summed E-state index contributed by atoms with van der Waals surface area (Å²) in [6.45, 7) is 9.73. The molecule has 6 heteroatoms. The van der Waals surface area contributed by atoms with Gasteiger partial charge in [-0.05, 0) is 26.7 Å². The number of rotatable bonds is 4. The lowest BCUT2D eigenvalue weighted by atomic mass is 9.98. The molecule has 3 aromatic rings. The van der Waals surface area contributed by atoms with Crippen molar-refractivity contribution in [3.63, 3.8) is 0 Å². The van der Waals surface area contributed by atoms with Crippen LogP contribution in [0.2, 0.25) is 0 Å². The van der Waals surface area contributed by atoms with Gasteiger partial charge in [-0.2, -0.15) is 10.2 Å². The molecule has 0 spiro atoms. The van der Waals surface area contributed by atoms with Crippen molar-refractivity contribution in [1.82, 2.24) is 29.3 Å². The number of aromatic nitrogens is 5. The molecule has 5 rings (SSSR count). The molecule has 0 radical (unpaired) electrons. The molecule has 1 fully saturated rings. The Labute approximate surface area is 153 Å². The monoisotopic (exact) mass is 348 g/mol. The van der Waals surface area contributed by atoms with Gasteiger partial charge in [0, 0.05) is 54.1 Å². The molecule has 2 aliphatic heterocycles. The highest BCUT2D eigenvalue weighted by atomic mass is 15.3. The van der Waals surface area contributed by atoms with Crippen molar-refractivity contribution < 1.29 is 0 Å². The Balaban J connectivity index is 1.50. The van der Waals surface area contributed by atoms with Crippen LogP contribution in [-0.2, 0) is 19.5 Å². The summed E-state index contributed by atoms with van der Waals surface area (Å²) in [5.74, 6) is 0. The van der Waals surface area contributed by atoms with E-state index in [-0.39, 0.29) is 0 Å². The molecule has 26 heavy (non-hydrogen) atoms. The van der Waals surface area contributed by atoms with Gasteiger partial charge in [-0.15, -0.1) is 6.58 Å². The fourth-order valence-corrected chi connectivity index (χ4v) is 4.69. The van der Waals surface area contributed by atoms with Crippen LogP contribution in [0.15, 0.2) is 31.1 Å². The van der Waals surface area contributed by atoms with Crippen LogP contribution in [0.4, 0.5) is 0 Å². The first-order valence-electron chi connectivity index (χ1n) is 9.38. The van der Waals surface area contributed by atoms with Crippen molar-refractivity contribution in [2.24, 2.45) is 0 Å². The third-order valence-electron chi connectivity index (χ3n) is 6.03. The van der Waals surface area contributed by atoms with Crippen LogP contribution in [0.25, 0.3) is 5.65 Å². The molecule has 0 aliphatic carbocycles. The molecule has 1 saturated heterocycles. The second kappa shape index (κ2) is 5.77. The fourth-order valence-electron chi connectivity index (χ4n) is 4.69. The van der Waals surface area contributed by atoms with E-state index < -0.39 is 0 Å². The summed E-state index contributed by atoms with van der Waals surface area (Å²) in [4.78, 5) is 7.31. The fraction of sp³-hybridized carbons (Fsp3) is 0.450. The Bertz CT molecular complexity index is 997. The second-order valence-corrected chi connectivity index (χ2v) is 7.57. The SMILES string of the molecule is C=CCn1ncc(CN2[C@H]3CC[C@H]2c2cnc4cc(C)nn4c2C3)c1C. The van der Waals surface area contributed by atoms with Crippen LogP contribution >= 0.6 is 0 Å². The van der Waals surface area contributed by atoms with Gasteiger partial charge in [0.05, 0.1) is 24.1 Å². The average molecular weight is 348 g/mol. The summed E-state index contributed by atoms with van der Waals surface area (Å²) in [6.07, 6.45) is 9.48. The molecule has 0 unspecified atom stereocenters. The van der Waals surface area contributed by atoms with Gasteiger partial charge in [0.25, 0.3) is 0 Å². The normalized spacial score (nSPS) is 22.1. The molecule has 2 bridgehead atoms. The lowest BCUT2D eigenvalue weighted by Crippen LogP contribution is -2.38. The van der Waals surface area contributed by atoms with E-state index in [2.05, 4.69) is 50.4 Å². The highest BCUT2D eigenvalue weighted by Gasteiger charge is 2.41. The zero-order chi connectivity index (χ0) is 17.8. The summed E-state index contributed by atoms with van der Waals surface area (Å²) < 4.78 is 4.10. The second-order valence-electron chi connectivity index (χ2n) is 7.57. The van der Waals surface area contributed by atoms with E-state index in [4.69, 9.17) is 0 Å². The molecule has 0 N–H and O–H groups in total. The van der Waals surface area contributed by atoms with E-state index >= 15 is 0 Å². The number of nitrogens with zero attached hydrogens (tertiary/aromatic N) is 6.